The highest BCUT2D eigenvalue weighted by molar-refractivity contribution is 7.93. The van der Waals surface area contributed by atoms with Gasteiger partial charge in [0.2, 0.25) is 5.43 Å². The summed E-state index contributed by atoms with van der Waals surface area (Å²) in [5.41, 5.74) is 0.134. The van der Waals surface area contributed by atoms with Crippen LogP contribution in [0.3, 0.4) is 0 Å². The molecule has 2 aromatic carbocycles. The highest BCUT2D eigenvalue weighted by Crippen LogP contribution is 2.26. The van der Waals surface area contributed by atoms with Gasteiger partial charge in [-0.15, -0.1) is 0 Å². The van der Waals surface area contributed by atoms with Crippen LogP contribution in [0.4, 0.5) is 5.69 Å². The molecule has 0 aliphatic heterocycles. The van der Waals surface area contributed by atoms with Gasteiger partial charge in [-0.1, -0.05) is 40.0 Å². The van der Waals surface area contributed by atoms with Crippen LogP contribution in [0.2, 0.25) is 0 Å². The SMILES string of the molecule is CS(C)(=N)=Nc1c(-c2ccccc2)c(=O)c1=O. The Balaban J connectivity index is 2.68. The lowest BCUT2D eigenvalue weighted by Crippen LogP contribution is -2.32. The van der Waals surface area contributed by atoms with E-state index in [9.17, 15) is 9.59 Å². The second-order valence-electron chi connectivity index (χ2n) is 4.11. The van der Waals surface area contributed by atoms with Gasteiger partial charge in [-0.25, -0.2) is 4.36 Å². The van der Waals surface area contributed by atoms with Gasteiger partial charge in [-0.05, 0) is 5.56 Å². The van der Waals surface area contributed by atoms with E-state index in [1.165, 1.54) is 0 Å². The Kier molecular flexibility index (Phi) is 2.71. The zero-order chi connectivity index (χ0) is 12.6. The van der Waals surface area contributed by atoms with Crippen LogP contribution in [-0.4, -0.2) is 12.5 Å². The summed E-state index contributed by atoms with van der Waals surface area (Å²) >= 11 is 0. The van der Waals surface area contributed by atoms with Crippen LogP contribution in [-0.2, 0) is 9.62 Å². The lowest BCUT2D eigenvalue weighted by atomic mass is 9.99. The van der Waals surface area contributed by atoms with E-state index in [0.29, 0.717) is 11.1 Å². The molecule has 0 bridgehead atoms. The van der Waals surface area contributed by atoms with Crippen LogP contribution in [0.1, 0.15) is 0 Å². The molecule has 0 aromatic heterocycles. The molecule has 0 saturated carbocycles. The molecule has 0 atom stereocenters. The smallest absolute Gasteiger partial charge is 0.253 e. The van der Waals surface area contributed by atoms with Crippen LogP contribution in [0, 0.1) is 4.78 Å². The third-order valence-electron chi connectivity index (χ3n) is 2.27. The van der Waals surface area contributed by atoms with Crippen molar-refractivity contribution in [2.24, 2.45) is 4.36 Å². The van der Waals surface area contributed by atoms with Crippen molar-refractivity contribution < 1.29 is 0 Å². The first-order chi connectivity index (χ1) is 7.90. The number of benzene rings is 1. The van der Waals surface area contributed by atoms with Crippen molar-refractivity contribution in [3.63, 3.8) is 0 Å². The molecule has 0 unspecified atom stereocenters. The summed E-state index contributed by atoms with van der Waals surface area (Å²) in [5, 5.41) is 0. The molecule has 17 heavy (non-hydrogen) atoms. The molecule has 0 heterocycles. The Labute approximate surface area is 99.2 Å². The van der Waals surface area contributed by atoms with Gasteiger partial charge in [0.15, 0.2) is 0 Å². The lowest BCUT2D eigenvalue weighted by Gasteiger charge is -2.08. The average molecular weight is 248 g/mol. The third kappa shape index (κ3) is 2.19. The summed E-state index contributed by atoms with van der Waals surface area (Å²) in [6, 6.07) is 8.97. The largest absolute Gasteiger partial charge is 0.285 e. The maximum absolute atomic E-state index is 11.5. The summed E-state index contributed by atoms with van der Waals surface area (Å²) in [6.45, 7) is 0. The second kappa shape index (κ2) is 3.92. The molecule has 0 aliphatic carbocycles. The van der Waals surface area contributed by atoms with Crippen molar-refractivity contribution in [2.45, 2.75) is 0 Å². The normalized spacial score (nSPS) is 11.6. The van der Waals surface area contributed by atoms with Gasteiger partial charge in [-0.2, -0.15) is 0 Å². The predicted octanol–water partition coefficient (Wildman–Crippen LogP) is 1.94. The van der Waals surface area contributed by atoms with Crippen molar-refractivity contribution in [3.8, 4) is 11.1 Å². The molecule has 88 valence electrons. The molecule has 2 aromatic rings. The molecule has 0 radical (unpaired) electrons. The number of rotatable bonds is 2. The zero-order valence-corrected chi connectivity index (χ0v) is 10.4. The third-order valence-corrected chi connectivity index (χ3v) is 2.91. The number of hydrogen-bond donors (Lipinski definition) is 1. The Bertz CT molecular complexity index is 739. The molecule has 0 fully saturated rings. The molecule has 4 nitrogen and oxygen atoms in total. The highest BCUT2D eigenvalue weighted by Gasteiger charge is 2.21. The van der Waals surface area contributed by atoms with Crippen molar-refractivity contribution in [3.05, 3.63) is 50.8 Å². The van der Waals surface area contributed by atoms with E-state index in [1.807, 2.05) is 6.07 Å². The molecular weight excluding hydrogens is 236 g/mol. The van der Waals surface area contributed by atoms with E-state index in [2.05, 4.69) is 4.36 Å². The lowest BCUT2D eigenvalue weighted by molar-refractivity contribution is 1.35. The van der Waals surface area contributed by atoms with Gasteiger partial charge in [0.05, 0.1) is 5.56 Å². The van der Waals surface area contributed by atoms with Crippen molar-refractivity contribution in [2.75, 3.05) is 12.5 Å². The van der Waals surface area contributed by atoms with Crippen LogP contribution in [0.25, 0.3) is 11.1 Å². The fourth-order valence-corrected chi connectivity index (χ4v) is 2.20. The zero-order valence-electron chi connectivity index (χ0n) is 9.56. The van der Waals surface area contributed by atoms with E-state index in [4.69, 9.17) is 4.78 Å². The fraction of sp³-hybridized carbons (Fsp3) is 0.167. The molecule has 5 heteroatoms. The van der Waals surface area contributed by atoms with E-state index in [0.717, 1.165) is 0 Å². The molecule has 0 amide bonds. The Hall–Kier alpha value is -1.75. The summed E-state index contributed by atoms with van der Waals surface area (Å²) < 4.78 is 11.8. The van der Waals surface area contributed by atoms with Crippen LogP contribution in [0.15, 0.2) is 44.3 Å². The first-order valence-electron chi connectivity index (χ1n) is 5.00. The standard InChI is InChI=1S/C12H12N2O2S/c1-17(2,13)14-10-9(11(15)12(10)16)8-6-4-3-5-7-8/h3-7,13H,1-2H3. The molecular formula is C12H12N2O2S. The summed E-state index contributed by atoms with van der Waals surface area (Å²) in [4.78, 5) is 23.0. The Morgan fingerprint density at radius 3 is 2.18 bits per heavy atom. The maximum atomic E-state index is 11.5. The Morgan fingerprint density at radius 2 is 1.65 bits per heavy atom. The Morgan fingerprint density at radius 1 is 1.06 bits per heavy atom. The first-order valence-corrected chi connectivity index (χ1v) is 7.40. The van der Waals surface area contributed by atoms with Crippen LogP contribution in [0.5, 0.6) is 0 Å². The second-order valence-corrected chi connectivity index (χ2v) is 6.84. The topological polar surface area (TPSA) is 70.3 Å². The van der Waals surface area contributed by atoms with E-state index in [-0.39, 0.29) is 5.69 Å². The summed E-state index contributed by atoms with van der Waals surface area (Å²) in [7, 11) is -1.94. The molecule has 0 saturated heterocycles. The monoisotopic (exact) mass is 248 g/mol. The van der Waals surface area contributed by atoms with E-state index >= 15 is 0 Å². The van der Waals surface area contributed by atoms with Gasteiger partial charge in [0.25, 0.3) is 5.43 Å². The number of hydrogen-bond acceptors (Lipinski definition) is 4. The maximum Gasteiger partial charge on any atom is 0.253 e. The summed E-state index contributed by atoms with van der Waals surface area (Å²) in [6.07, 6.45) is 3.30. The van der Waals surface area contributed by atoms with Crippen molar-refractivity contribution in [1.82, 2.24) is 0 Å². The van der Waals surface area contributed by atoms with Gasteiger partial charge in [0, 0.05) is 12.5 Å². The van der Waals surface area contributed by atoms with Crippen LogP contribution < -0.4 is 10.9 Å². The van der Waals surface area contributed by atoms with Gasteiger partial charge in [-0.3, -0.25) is 14.4 Å². The fourth-order valence-electron chi connectivity index (χ4n) is 1.57. The number of nitrogens with zero attached hydrogens (tertiary/aromatic N) is 1. The predicted molar refractivity (Wildman–Crippen MR) is 70.8 cm³/mol. The quantitative estimate of drug-likeness (QED) is 0.825. The minimum absolute atomic E-state index is 0.163. The molecule has 2 rings (SSSR count). The van der Waals surface area contributed by atoms with Gasteiger partial charge in [0.1, 0.15) is 5.69 Å². The average Bonchev–Trinajstić information content (AvgIpc) is 2.28. The first kappa shape index (κ1) is 11.7. The van der Waals surface area contributed by atoms with Crippen LogP contribution >= 0.6 is 0 Å². The molecule has 1 N–H and O–H groups in total. The van der Waals surface area contributed by atoms with Gasteiger partial charge < -0.3 is 0 Å². The summed E-state index contributed by atoms with van der Waals surface area (Å²) in [5.74, 6) is 0. The number of nitrogens with one attached hydrogen (secondary N) is 1. The van der Waals surface area contributed by atoms with E-state index in [1.54, 1.807) is 36.8 Å². The van der Waals surface area contributed by atoms with Crippen molar-refractivity contribution in [1.29, 1.82) is 4.78 Å². The molecule has 0 aliphatic rings. The van der Waals surface area contributed by atoms with E-state index < -0.39 is 20.5 Å². The van der Waals surface area contributed by atoms with Gasteiger partial charge >= 0.3 is 0 Å². The van der Waals surface area contributed by atoms with Crippen molar-refractivity contribution >= 4 is 15.3 Å². The highest BCUT2D eigenvalue weighted by atomic mass is 32.2. The minimum atomic E-state index is -1.94. The molecule has 0 spiro atoms. The minimum Gasteiger partial charge on any atom is -0.285 e.